The zero-order chi connectivity index (χ0) is 13.2. The Bertz CT molecular complexity index is 681. The van der Waals surface area contributed by atoms with Crippen LogP contribution in [-0.2, 0) is 0 Å². The molecule has 0 saturated carbocycles. The van der Waals surface area contributed by atoms with Gasteiger partial charge in [0.05, 0.1) is 4.91 Å². The van der Waals surface area contributed by atoms with Crippen molar-refractivity contribution in [3.8, 4) is 0 Å². The largest absolute Gasteiger partial charge is 0.360 e. The molecule has 0 spiro atoms. The molecule has 0 atom stereocenters. The van der Waals surface area contributed by atoms with Gasteiger partial charge in [0.2, 0.25) is 5.78 Å². The molecule has 1 aliphatic rings. The standard InChI is InChI=1S/C15H10BrNOS/c16-10-4-3-5-11(8-10)17-9-14-15(18)12-6-1-2-7-13(12)19-14/h1-9,17H. The maximum absolute atomic E-state index is 12.1. The number of allylic oxidation sites excluding steroid dienone is 1. The highest BCUT2D eigenvalue weighted by atomic mass is 79.9. The summed E-state index contributed by atoms with van der Waals surface area (Å²) in [6.45, 7) is 0. The molecule has 0 fully saturated rings. The monoisotopic (exact) mass is 331 g/mol. The second kappa shape index (κ2) is 5.23. The van der Waals surface area contributed by atoms with E-state index >= 15 is 0 Å². The summed E-state index contributed by atoms with van der Waals surface area (Å²) in [4.78, 5) is 13.9. The molecule has 1 aliphatic heterocycles. The second-order valence-electron chi connectivity index (χ2n) is 4.09. The zero-order valence-corrected chi connectivity index (χ0v) is 12.3. The molecule has 0 aliphatic carbocycles. The van der Waals surface area contributed by atoms with Crippen molar-refractivity contribution >= 4 is 39.2 Å². The van der Waals surface area contributed by atoms with E-state index in [1.807, 2.05) is 48.5 Å². The molecular weight excluding hydrogens is 322 g/mol. The lowest BCUT2D eigenvalue weighted by Crippen LogP contribution is -1.97. The highest BCUT2D eigenvalue weighted by molar-refractivity contribution is 9.10. The molecule has 0 bridgehead atoms. The Hall–Kier alpha value is -1.52. The van der Waals surface area contributed by atoms with Crippen molar-refractivity contribution in [3.63, 3.8) is 0 Å². The molecule has 1 heterocycles. The molecule has 3 rings (SSSR count). The summed E-state index contributed by atoms with van der Waals surface area (Å²) in [6, 6.07) is 15.5. The van der Waals surface area contributed by atoms with Crippen molar-refractivity contribution in [1.29, 1.82) is 0 Å². The Balaban J connectivity index is 1.82. The first kappa shape index (κ1) is 12.5. The van der Waals surface area contributed by atoms with Crippen molar-refractivity contribution < 1.29 is 4.79 Å². The summed E-state index contributed by atoms with van der Waals surface area (Å²) < 4.78 is 1.00. The smallest absolute Gasteiger partial charge is 0.202 e. The molecular formula is C15H10BrNOS. The minimum atomic E-state index is 0.0862. The lowest BCUT2D eigenvalue weighted by Gasteiger charge is -2.02. The lowest BCUT2D eigenvalue weighted by atomic mass is 10.1. The van der Waals surface area contributed by atoms with Gasteiger partial charge in [-0.25, -0.2) is 0 Å². The number of hydrogen-bond acceptors (Lipinski definition) is 3. The van der Waals surface area contributed by atoms with E-state index in [0.29, 0.717) is 0 Å². The summed E-state index contributed by atoms with van der Waals surface area (Å²) in [5, 5.41) is 3.16. The Kier molecular flexibility index (Phi) is 3.44. The molecule has 2 aromatic carbocycles. The molecule has 0 aromatic heterocycles. The average molecular weight is 332 g/mol. The van der Waals surface area contributed by atoms with Crippen LogP contribution in [-0.4, -0.2) is 5.78 Å². The van der Waals surface area contributed by atoms with E-state index in [9.17, 15) is 4.79 Å². The maximum atomic E-state index is 12.1. The van der Waals surface area contributed by atoms with Crippen LogP contribution < -0.4 is 5.32 Å². The molecule has 94 valence electrons. The van der Waals surface area contributed by atoms with E-state index in [2.05, 4.69) is 21.2 Å². The molecule has 0 amide bonds. The van der Waals surface area contributed by atoms with Gasteiger partial charge in [0, 0.05) is 26.8 Å². The number of ketones is 1. The number of carbonyl (C=O) groups is 1. The predicted molar refractivity (Wildman–Crippen MR) is 82.5 cm³/mol. The van der Waals surface area contributed by atoms with E-state index in [0.717, 1.165) is 25.5 Å². The molecule has 0 unspecified atom stereocenters. The summed E-state index contributed by atoms with van der Waals surface area (Å²) in [5.74, 6) is 0.0862. The number of thioether (sulfide) groups is 1. The highest BCUT2D eigenvalue weighted by Crippen LogP contribution is 2.39. The number of nitrogens with one attached hydrogen (secondary N) is 1. The zero-order valence-electron chi connectivity index (χ0n) is 9.89. The summed E-state index contributed by atoms with van der Waals surface area (Å²) in [6.07, 6.45) is 1.77. The van der Waals surface area contributed by atoms with Crippen molar-refractivity contribution in [2.75, 3.05) is 5.32 Å². The third-order valence-corrected chi connectivity index (χ3v) is 4.36. The van der Waals surface area contributed by atoms with Crippen LogP contribution in [0.4, 0.5) is 5.69 Å². The normalized spacial score (nSPS) is 15.6. The highest BCUT2D eigenvalue weighted by Gasteiger charge is 2.24. The van der Waals surface area contributed by atoms with Crippen LogP contribution in [0.1, 0.15) is 10.4 Å². The summed E-state index contributed by atoms with van der Waals surface area (Å²) in [5.41, 5.74) is 1.74. The van der Waals surface area contributed by atoms with E-state index < -0.39 is 0 Å². The van der Waals surface area contributed by atoms with Crippen LogP contribution in [0, 0.1) is 0 Å². The van der Waals surface area contributed by atoms with Gasteiger partial charge in [0.25, 0.3) is 0 Å². The topological polar surface area (TPSA) is 29.1 Å². The number of benzene rings is 2. The third kappa shape index (κ3) is 2.60. The number of rotatable bonds is 2. The number of carbonyl (C=O) groups excluding carboxylic acids is 1. The third-order valence-electron chi connectivity index (χ3n) is 2.77. The van der Waals surface area contributed by atoms with Crippen molar-refractivity contribution in [2.45, 2.75) is 4.90 Å². The minimum absolute atomic E-state index is 0.0862. The Morgan fingerprint density at radius 2 is 1.95 bits per heavy atom. The fourth-order valence-electron chi connectivity index (χ4n) is 1.86. The fourth-order valence-corrected chi connectivity index (χ4v) is 3.24. The van der Waals surface area contributed by atoms with Crippen LogP contribution in [0.3, 0.4) is 0 Å². The SMILES string of the molecule is O=C1C(=CNc2cccc(Br)c2)Sc2ccccc21. The molecule has 1 N–H and O–H groups in total. The molecule has 19 heavy (non-hydrogen) atoms. The maximum Gasteiger partial charge on any atom is 0.202 e. The van der Waals surface area contributed by atoms with E-state index in [-0.39, 0.29) is 5.78 Å². The second-order valence-corrected chi connectivity index (χ2v) is 6.09. The van der Waals surface area contributed by atoms with Gasteiger partial charge >= 0.3 is 0 Å². The molecule has 2 aromatic rings. The van der Waals surface area contributed by atoms with Crippen molar-refractivity contribution in [2.24, 2.45) is 0 Å². The average Bonchev–Trinajstić information content (AvgIpc) is 2.74. The summed E-state index contributed by atoms with van der Waals surface area (Å²) >= 11 is 4.92. The Morgan fingerprint density at radius 1 is 1.11 bits per heavy atom. The Morgan fingerprint density at radius 3 is 2.74 bits per heavy atom. The van der Waals surface area contributed by atoms with E-state index in [4.69, 9.17) is 0 Å². The molecule has 0 radical (unpaired) electrons. The predicted octanol–water partition coefficient (Wildman–Crippen LogP) is 4.69. The first-order chi connectivity index (χ1) is 9.24. The Labute approximate surface area is 124 Å². The van der Waals surface area contributed by atoms with Crippen LogP contribution >= 0.6 is 27.7 Å². The van der Waals surface area contributed by atoms with Crippen molar-refractivity contribution in [1.82, 2.24) is 0 Å². The van der Waals surface area contributed by atoms with E-state index in [1.54, 1.807) is 6.20 Å². The van der Waals surface area contributed by atoms with Crippen LogP contribution in [0.15, 0.2) is 69.0 Å². The van der Waals surface area contributed by atoms with Gasteiger partial charge in [-0.3, -0.25) is 4.79 Å². The van der Waals surface area contributed by atoms with Gasteiger partial charge < -0.3 is 5.32 Å². The van der Waals surface area contributed by atoms with Gasteiger partial charge in [-0.2, -0.15) is 0 Å². The first-order valence-electron chi connectivity index (χ1n) is 5.78. The summed E-state index contributed by atoms with van der Waals surface area (Å²) in [7, 11) is 0. The van der Waals surface area contributed by atoms with Gasteiger partial charge in [0.15, 0.2) is 0 Å². The fraction of sp³-hybridized carbons (Fsp3) is 0. The quantitative estimate of drug-likeness (QED) is 0.809. The number of fused-ring (bicyclic) bond motifs is 1. The number of halogens is 1. The van der Waals surface area contributed by atoms with Crippen LogP contribution in [0.2, 0.25) is 0 Å². The molecule has 2 nitrogen and oxygen atoms in total. The van der Waals surface area contributed by atoms with Gasteiger partial charge in [-0.1, -0.05) is 45.9 Å². The first-order valence-corrected chi connectivity index (χ1v) is 7.39. The van der Waals surface area contributed by atoms with Gasteiger partial charge in [-0.15, -0.1) is 0 Å². The van der Waals surface area contributed by atoms with Gasteiger partial charge in [-0.05, 0) is 30.3 Å². The van der Waals surface area contributed by atoms with Crippen LogP contribution in [0.5, 0.6) is 0 Å². The van der Waals surface area contributed by atoms with Crippen LogP contribution in [0.25, 0.3) is 0 Å². The molecule has 0 saturated heterocycles. The number of hydrogen-bond donors (Lipinski definition) is 1. The minimum Gasteiger partial charge on any atom is -0.360 e. The molecule has 4 heteroatoms. The number of Topliss-reactive ketones (excluding diaryl/α,β-unsaturated/α-hetero) is 1. The number of anilines is 1. The lowest BCUT2D eigenvalue weighted by molar-refractivity contribution is 0.104. The van der Waals surface area contributed by atoms with Crippen molar-refractivity contribution in [3.05, 3.63) is 69.7 Å². The van der Waals surface area contributed by atoms with E-state index in [1.165, 1.54) is 11.8 Å². The van der Waals surface area contributed by atoms with Gasteiger partial charge in [0.1, 0.15) is 0 Å².